The van der Waals surface area contributed by atoms with E-state index < -0.39 is 11.9 Å². The Hall–Kier alpha value is -1.06. The number of hydrogen-bond donors (Lipinski definition) is 1. The van der Waals surface area contributed by atoms with Crippen LogP contribution in [0.3, 0.4) is 0 Å². The van der Waals surface area contributed by atoms with E-state index in [2.05, 4.69) is 6.92 Å². The van der Waals surface area contributed by atoms with Crippen LogP contribution in [-0.2, 0) is 9.59 Å². The van der Waals surface area contributed by atoms with Gasteiger partial charge in [-0.1, -0.05) is 32.6 Å². The number of rotatable bonds is 7. The topological polar surface area (TPSA) is 63.4 Å². The van der Waals surface area contributed by atoms with Crippen LogP contribution in [0.2, 0.25) is 0 Å². The van der Waals surface area contributed by atoms with Crippen molar-refractivity contribution in [3.05, 3.63) is 0 Å². The minimum absolute atomic E-state index is 0.0804. The van der Waals surface area contributed by atoms with E-state index in [1.807, 2.05) is 0 Å². The van der Waals surface area contributed by atoms with E-state index in [-0.39, 0.29) is 5.91 Å². The van der Waals surface area contributed by atoms with Crippen LogP contribution in [0.1, 0.15) is 52.4 Å². The van der Waals surface area contributed by atoms with E-state index >= 15 is 0 Å². The van der Waals surface area contributed by atoms with Gasteiger partial charge in [0, 0.05) is 13.0 Å². The van der Waals surface area contributed by atoms with Crippen molar-refractivity contribution in [3.63, 3.8) is 0 Å². The predicted molar refractivity (Wildman–Crippen MR) is 67.2 cm³/mol. The van der Waals surface area contributed by atoms with Crippen LogP contribution < -0.4 is 5.73 Å². The highest BCUT2D eigenvalue weighted by Gasteiger charge is 2.33. The highest BCUT2D eigenvalue weighted by molar-refractivity contribution is 5.87. The van der Waals surface area contributed by atoms with Gasteiger partial charge in [0.1, 0.15) is 6.04 Å². The average molecular weight is 240 g/mol. The molecule has 0 radical (unpaired) electrons. The second kappa shape index (κ2) is 6.62. The van der Waals surface area contributed by atoms with Crippen molar-refractivity contribution in [1.29, 1.82) is 0 Å². The maximum absolute atomic E-state index is 11.7. The normalized spacial score (nSPS) is 21.9. The molecule has 17 heavy (non-hydrogen) atoms. The number of carbonyl (C=O) groups excluding carboxylic acids is 2. The van der Waals surface area contributed by atoms with Gasteiger partial charge in [-0.25, -0.2) is 0 Å². The highest BCUT2D eigenvalue weighted by Crippen LogP contribution is 2.24. The maximum atomic E-state index is 11.7. The zero-order valence-electron chi connectivity index (χ0n) is 10.9. The second-order valence-electron chi connectivity index (χ2n) is 5.04. The zero-order chi connectivity index (χ0) is 12.8. The molecule has 1 aliphatic heterocycles. The Bertz CT molecular complexity index is 279. The summed E-state index contributed by atoms with van der Waals surface area (Å²) in [5, 5.41) is 0. The van der Waals surface area contributed by atoms with Crippen molar-refractivity contribution < 1.29 is 9.59 Å². The molecule has 0 spiro atoms. The van der Waals surface area contributed by atoms with Crippen LogP contribution in [0, 0.1) is 5.92 Å². The molecule has 1 saturated heterocycles. The molecule has 1 fully saturated rings. The Kier molecular flexibility index (Phi) is 5.45. The summed E-state index contributed by atoms with van der Waals surface area (Å²) < 4.78 is 0. The number of carbonyl (C=O) groups is 2. The molecule has 4 heteroatoms. The molecule has 0 aliphatic carbocycles. The molecule has 0 aromatic heterocycles. The molecule has 2 N–H and O–H groups in total. The molecule has 1 rings (SSSR count). The van der Waals surface area contributed by atoms with Crippen LogP contribution in [0.5, 0.6) is 0 Å². The number of primary amides is 1. The highest BCUT2D eigenvalue weighted by atomic mass is 16.2. The van der Waals surface area contributed by atoms with Gasteiger partial charge < -0.3 is 10.6 Å². The Morgan fingerprint density at radius 3 is 2.76 bits per heavy atom. The van der Waals surface area contributed by atoms with Gasteiger partial charge in [0.15, 0.2) is 0 Å². The molecule has 2 amide bonds. The first-order valence-corrected chi connectivity index (χ1v) is 6.65. The summed E-state index contributed by atoms with van der Waals surface area (Å²) in [7, 11) is 0. The summed E-state index contributed by atoms with van der Waals surface area (Å²) in [4.78, 5) is 24.4. The molecule has 0 saturated carbocycles. The van der Waals surface area contributed by atoms with E-state index in [0.717, 1.165) is 6.42 Å². The minimum Gasteiger partial charge on any atom is -0.368 e. The minimum atomic E-state index is -0.455. The van der Waals surface area contributed by atoms with Crippen molar-refractivity contribution in [2.45, 2.75) is 58.4 Å². The van der Waals surface area contributed by atoms with E-state index in [0.29, 0.717) is 18.9 Å². The molecule has 0 aromatic carbocycles. The van der Waals surface area contributed by atoms with Crippen LogP contribution >= 0.6 is 0 Å². The number of nitrogens with two attached hydrogens (primary N) is 1. The monoisotopic (exact) mass is 240 g/mol. The summed E-state index contributed by atoms with van der Waals surface area (Å²) in [6, 6.07) is -0.455. The fourth-order valence-corrected chi connectivity index (χ4v) is 2.39. The van der Waals surface area contributed by atoms with Crippen molar-refractivity contribution in [3.8, 4) is 0 Å². The summed E-state index contributed by atoms with van der Waals surface area (Å²) in [5.41, 5.74) is 5.23. The Balaban J connectivity index is 2.33. The van der Waals surface area contributed by atoms with E-state index in [1.54, 1.807) is 11.8 Å². The quantitative estimate of drug-likeness (QED) is 0.688. The van der Waals surface area contributed by atoms with Gasteiger partial charge in [0.2, 0.25) is 11.8 Å². The summed E-state index contributed by atoms with van der Waals surface area (Å²) in [6.07, 6.45) is 6.60. The maximum Gasteiger partial charge on any atom is 0.239 e. The fraction of sp³-hybridized carbons (Fsp3) is 0.846. The van der Waals surface area contributed by atoms with Gasteiger partial charge in [-0.05, 0) is 19.3 Å². The van der Waals surface area contributed by atoms with Crippen molar-refractivity contribution in [2.24, 2.45) is 11.7 Å². The number of nitrogens with zero attached hydrogens (tertiary/aromatic N) is 1. The lowest BCUT2D eigenvalue weighted by molar-refractivity contribution is -0.135. The Labute approximate surface area is 104 Å². The van der Waals surface area contributed by atoms with E-state index in [9.17, 15) is 9.59 Å². The van der Waals surface area contributed by atoms with E-state index in [1.165, 1.54) is 25.7 Å². The van der Waals surface area contributed by atoms with Gasteiger partial charge in [-0.2, -0.15) is 0 Å². The molecule has 2 atom stereocenters. The first-order chi connectivity index (χ1) is 8.06. The van der Waals surface area contributed by atoms with Gasteiger partial charge in [0.25, 0.3) is 0 Å². The van der Waals surface area contributed by atoms with Gasteiger partial charge in [-0.15, -0.1) is 0 Å². The van der Waals surface area contributed by atoms with Crippen LogP contribution in [0.25, 0.3) is 0 Å². The fourth-order valence-electron chi connectivity index (χ4n) is 2.39. The Morgan fingerprint density at radius 1 is 1.47 bits per heavy atom. The standard InChI is InChI=1S/C13H24N2O2/c1-3-4-5-6-7-11-8-12(16)15(9-11)10(2)13(14)17/h10-11H,3-9H2,1-2H3,(H2,14,17). The van der Waals surface area contributed by atoms with Crippen molar-refractivity contribution >= 4 is 11.8 Å². The SMILES string of the molecule is CCCCCCC1CC(=O)N(C(C)C(N)=O)C1. The van der Waals surface area contributed by atoms with Gasteiger partial charge in [0.05, 0.1) is 0 Å². The molecule has 2 unspecified atom stereocenters. The molecule has 98 valence electrons. The molecular formula is C13H24N2O2. The third-order valence-corrected chi connectivity index (χ3v) is 3.58. The molecule has 1 heterocycles. The predicted octanol–water partition coefficient (Wildman–Crippen LogP) is 1.68. The van der Waals surface area contributed by atoms with E-state index in [4.69, 9.17) is 5.73 Å². The number of likely N-dealkylation sites (tertiary alicyclic amines) is 1. The third-order valence-electron chi connectivity index (χ3n) is 3.58. The lowest BCUT2D eigenvalue weighted by atomic mass is 10.00. The molecule has 4 nitrogen and oxygen atoms in total. The first-order valence-electron chi connectivity index (χ1n) is 6.65. The number of unbranched alkanes of at least 4 members (excludes halogenated alkanes) is 3. The average Bonchev–Trinajstić information content (AvgIpc) is 2.65. The first kappa shape index (κ1) is 14.0. The van der Waals surface area contributed by atoms with Crippen LogP contribution in [0.4, 0.5) is 0 Å². The van der Waals surface area contributed by atoms with Crippen LogP contribution in [-0.4, -0.2) is 29.3 Å². The van der Waals surface area contributed by atoms with Crippen molar-refractivity contribution in [2.75, 3.05) is 6.54 Å². The van der Waals surface area contributed by atoms with Crippen LogP contribution in [0.15, 0.2) is 0 Å². The molecule has 0 aromatic rings. The molecular weight excluding hydrogens is 216 g/mol. The lowest BCUT2D eigenvalue weighted by Crippen LogP contribution is -2.43. The third kappa shape index (κ3) is 4.02. The van der Waals surface area contributed by atoms with Gasteiger partial charge >= 0.3 is 0 Å². The molecule has 0 bridgehead atoms. The summed E-state index contributed by atoms with van der Waals surface area (Å²) in [5.74, 6) is 0.0860. The zero-order valence-corrected chi connectivity index (χ0v) is 10.9. The smallest absolute Gasteiger partial charge is 0.239 e. The largest absolute Gasteiger partial charge is 0.368 e. The lowest BCUT2D eigenvalue weighted by Gasteiger charge is -2.21. The second-order valence-corrected chi connectivity index (χ2v) is 5.04. The summed E-state index contributed by atoms with van der Waals surface area (Å²) >= 11 is 0. The van der Waals surface area contributed by atoms with Crippen molar-refractivity contribution in [1.82, 2.24) is 4.90 Å². The number of amides is 2. The Morgan fingerprint density at radius 2 is 2.18 bits per heavy atom. The van der Waals surface area contributed by atoms with Gasteiger partial charge in [-0.3, -0.25) is 9.59 Å². The number of hydrogen-bond acceptors (Lipinski definition) is 2. The summed E-state index contributed by atoms with van der Waals surface area (Å²) in [6.45, 7) is 4.60. The molecule has 1 aliphatic rings.